The Labute approximate surface area is 135 Å². The molecule has 0 saturated carbocycles. The van der Waals surface area contributed by atoms with E-state index in [0.717, 1.165) is 22.4 Å². The van der Waals surface area contributed by atoms with E-state index in [1.54, 1.807) is 13.3 Å². The lowest BCUT2D eigenvalue weighted by molar-refractivity contribution is 0.152. The molecule has 6 heteroatoms. The Balaban J connectivity index is 1.99. The first kappa shape index (κ1) is 15.1. The SMILES string of the molecule is COc1cc(Cc2cnc(N)nc2N)cc2c1OC(C)(C)C=C2. The maximum Gasteiger partial charge on any atom is 0.221 e. The van der Waals surface area contributed by atoms with Gasteiger partial charge in [0.1, 0.15) is 11.4 Å². The van der Waals surface area contributed by atoms with Gasteiger partial charge in [0.2, 0.25) is 5.95 Å². The number of methoxy groups -OCH3 is 1. The molecule has 0 aliphatic carbocycles. The van der Waals surface area contributed by atoms with Gasteiger partial charge in [0.05, 0.1) is 7.11 Å². The summed E-state index contributed by atoms with van der Waals surface area (Å²) >= 11 is 0. The number of nitrogens with two attached hydrogens (primary N) is 2. The zero-order valence-electron chi connectivity index (χ0n) is 13.5. The van der Waals surface area contributed by atoms with Crippen molar-refractivity contribution in [2.45, 2.75) is 25.9 Å². The highest BCUT2D eigenvalue weighted by molar-refractivity contribution is 5.67. The second kappa shape index (κ2) is 5.46. The van der Waals surface area contributed by atoms with Crippen LogP contribution in [0, 0.1) is 0 Å². The van der Waals surface area contributed by atoms with Gasteiger partial charge in [0, 0.05) is 23.7 Å². The summed E-state index contributed by atoms with van der Waals surface area (Å²) in [6.07, 6.45) is 6.32. The molecule has 0 fully saturated rings. The molecule has 2 heterocycles. The molecule has 1 aliphatic rings. The van der Waals surface area contributed by atoms with Crippen LogP contribution in [0.4, 0.5) is 11.8 Å². The Morgan fingerprint density at radius 2 is 2.04 bits per heavy atom. The Hall–Kier alpha value is -2.76. The first-order valence-corrected chi connectivity index (χ1v) is 7.34. The molecule has 0 bridgehead atoms. The van der Waals surface area contributed by atoms with Crippen molar-refractivity contribution in [1.29, 1.82) is 0 Å². The molecule has 0 saturated heterocycles. The van der Waals surface area contributed by atoms with E-state index in [1.807, 2.05) is 32.1 Å². The third kappa shape index (κ3) is 3.06. The molecule has 120 valence electrons. The van der Waals surface area contributed by atoms with E-state index in [1.165, 1.54) is 0 Å². The Bertz CT molecular complexity index is 784. The number of hydrogen-bond donors (Lipinski definition) is 2. The molecule has 0 unspecified atom stereocenters. The van der Waals surface area contributed by atoms with Crippen molar-refractivity contribution in [2.75, 3.05) is 18.6 Å². The Morgan fingerprint density at radius 1 is 1.26 bits per heavy atom. The van der Waals surface area contributed by atoms with Crippen LogP contribution in [-0.4, -0.2) is 22.7 Å². The van der Waals surface area contributed by atoms with Crippen LogP contribution in [0.2, 0.25) is 0 Å². The summed E-state index contributed by atoms with van der Waals surface area (Å²) in [5, 5.41) is 0. The number of rotatable bonds is 3. The molecule has 23 heavy (non-hydrogen) atoms. The minimum absolute atomic E-state index is 0.174. The van der Waals surface area contributed by atoms with Gasteiger partial charge in [-0.05, 0) is 37.6 Å². The first-order valence-electron chi connectivity index (χ1n) is 7.34. The van der Waals surface area contributed by atoms with Gasteiger partial charge in [-0.1, -0.05) is 6.08 Å². The van der Waals surface area contributed by atoms with Crippen molar-refractivity contribution in [2.24, 2.45) is 0 Å². The quantitative estimate of drug-likeness (QED) is 0.903. The average molecular weight is 312 g/mol. The molecule has 0 amide bonds. The fraction of sp³-hybridized carbons (Fsp3) is 0.294. The highest BCUT2D eigenvalue weighted by Crippen LogP contribution is 2.40. The molecule has 0 radical (unpaired) electrons. The lowest BCUT2D eigenvalue weighted by Gasteiger charge is -2.29. The third-order valence-corrected chi connectivity index (χ3v) is 3.70. The van der Waals surface area contributed by atoms with Crippen LogP contribution in [0.25, 0.3) is 6.08 Å². The molecule has 6 nitrogen and oxygen atoms in total. The first-order chi connectivity index (χ1) is 10.9. The largest absolute Gasteiger partial charge is 0.493 e. The second-order valence-electron chi connectivity index (χ2n) is 6.07. The van der Waals surface area contributed by atoms with Gasteiger partial charge in [-0.15, -0.1) is 0 Å². The van der Waals surface area contributed by atoms with E-state index >= 15 is 0 Å². The number of nitrogen functional groups attached to an aromatic ring is 2. The van der Waals surface area contributed by atoms with Crippen molar-refractivity contribution in [1.82, 2.24) is 9.97 Å². The molecule has 3 rings (SSSR count). The van der Waals surface area contributed by atoms with E-state index in [2.05, 4.69) is 16.0 Å². The number of benzene rings is 1. The minimum Gasteiger partial charge on any atom is -0.493 e. The molecular formula is C17H20N4O2. The summed E-state index contributed by atoms with van der Waals surface area (Å²) in [7, 11) is 1.63. The number of ether oxygens (including phenoxy) is 2. The number of anilines is 2. The predicted octanol–water partition coefficient (Wildman–Crippen LogP) is 2.42. The molecule has 1 aliphatic heterocycles. The number of hydrogen-bond acceptors (Lipinski definition) is 6. The van der Waals surface area contributed by atoms with E-state index in [-0.39, 0.29) is 11.5 Å². The molecule has 1 aromatic heterocycles. The lowest BCUT2D eigenvalue weighted by Crippen LogP contribution is -2.27. The summed E-state index contributed by atoms with van der Waals surface area (Å²) in [6.45, 7) is 4.01. The van der Waals surface area contributed by atoms with Crippen LogP contribution in [0.1, 0.15) is 30.5 Å². The molecule has 2 aromatic rings. The van der Waals surface area contributed by atoms with Gasteiger partial charge in [-0.25, -0.2) is 4.98 Å². The fourth-order valence-electron chi connectivity index (χ4n) is 2.55. The molecule has 0 spiro atoms. The summed E-state index contributed by atoms with van der Waals surface area (Å²) < 4.78 is 11.5. The van der Waals surface area contributed by atoms with E-state index in [0.29, 0.717) is 18.0 Å². The fourth-order valence-corrected chi connectivity index (χ4v) is 2.55. The van der Waals surface area contributed by atoms with Crippen LogP contribution in [0.15, 0.2) is 24.4 Å². The predicted molar refractivity (Wildman–Crippen MR) is 90.4 cm³/mol. The zero-order valence-corrected chi connectivity index (χ0v) is 13.5. The summed E-state index contributed by atoms with van der Waals surface area (Å²) in [5.74, 6) is 2.02. The van der Waals surface area contributed by atoms with E-state index in [4.69, 9.17) is 20.9 Å². The molecular weight excluding hydrogens is 292 g/mol. The van der Waals surface area contributed by atoms with E-state index < -0.39 is 0 Å². The molecule has 1 aromatic carbocycles. The van der Waals surface area contributed by atoms with Crippen LogP contribution >= 0.6 is 0 Å². The maximum absolute atomic E-state index is 6.01. The second-order valence-corrected chi connectivity index (χ2v) is 6.07. The number of fused-ring (bicyclic) bond motifs is 1. The Kier molecular flexibility index (Phi) is 3.60. The van der Waals surface area contributed by atoms with Crippen molar-refractivity contribution in [3.05, 3.63) is 41.1 Å². The zero-order chi connectivity index (χ0) is 16.6. The van der Waals surface area contributed by atoms with Gasteiger partial charge in [-0.2, -0.15) is 4.98 Å². The average Bonchev–Trinajstić information content (AvgIpc) is 2.49. The van der Waals surface area contributed by atoms with Crippen molar-refractivity contribution >= 4 is 17.8 Å². The maximum atomic E-state index is 6.01. The standard InChI is InChI=1S/C17H20N4O2/c1-17(2)5-4-11-6-10(8-13(22-3)14(11)23-17)7-12-9-20-16(19)21-15(12)18/h4-6,8-9H,7H2,1-3H3,(H4,18,19,20,21). The van der Waals surface area contributed by atoms with Gasteiger partial charge >= 0.3 is 0 Å². The smallest absolute Gasteiger partial charge is 0.221 e. The van der Waals surface area contributed by atoms with Crippen LogP contribution in [0.3, 0.4) is 0 Å². The van der Waals surface area contributed by atoms with Gasteiger partial charge in [-0.3, -0.25) is 0 Å². The summed E-state index contributed by atoms with van der Waals surface area (Å²) in [5.41, 5.74) is 13.9. The Morgan fingerprint density at radius 3 is 2.74 bits per heavy atom. The number of aromatic nitrogens is 2. The summed E-state index contributed by atoms with van der Waals surface area (Å²) in [4.78, 5) is 8.00. The molecule has 0 atom stereocenters. The molecule has 4 N–H and O–H groups in total. The highest BCUT2D eigenvalue weighted by atomic mass is 16.5. The number of nitrogens with zero attached hydrogens (tertiary/aromatic N) is 2. The monoisotopic (exact) mass is 312 g/mol. The van der Waals surface area contributed by atoms with Crippen molar-refractivity contribution in [3.8, 4) is 11.5 Å². The topological polar surface area (TPSA) is 96.3 Å². The van der Waals surface area contributed by atoms with Crippen LogP contribution in [0.5, 0.6) is 11.5 Å². The van der Waals surface area contributed by atoms with Gasteiger partial charge in [0.15, 0.2) is 11.5 Å². The van der Waals surface area contributed by atoms with Gasteiger partial charge < -0.3 is 20.9 Å². The van der Waals surface area contributed by atoms with E-state index in [9.17, 15) is 0 Å². The lowest BCUT2D eigenvalue weighted by atomic mass is 9.98. The minimum atomic E-state index is -0.350. The van der Waals surface area contributed by atoms with Crippen LogP contribution < -0.4 is 20.9 Å². The van der Waals surface area contributed by atoms with Crippen molar-refractivity contribution in [3.63, 3.8) is 0 Å². The van der Waals surface area contributed by atoms with Gasteiger partial charge in [0.25, 0.3) is 0 Å². The summed E-state index contributed by atoms with van der Waals surface area (Å²) in [6, 6.07) is 4.00. The van der Waals surface area contributed by atoms with Crippen molar-refractivity contribution < 1.29 is 9.47 Å². The normalized spacial score (nSPS) is 14.9. The third-order valence-electron chi connectivity index (χ3n) is 3.70. The highest BCUT2D eigenvalue weighted by Gasteiger charge is 2.25. The van der Waals surface area contributed by atoms with Crippen LogP contribution in [-0.2, 0) is 6.42 Å².